The normalized spacial score (nSPS) is 9.66. The lowest BCUT2D eigenvalue weighted by molar-refractivity contribution is 1.44. The topological polar surface area (TPSA) is 36.8 Å². The summed E-state index contributed by atoms with van der Waals surface area (Å²) in [6.45, 7) is 26.1. The second kappa shape index (κ2) is 31.1. The quantitative estimate of drug-likeness (QED) is 0.435. The molecule has 0 fully saturated rings. The Hall–Kier alpha value is -2.94. The maximum absolute atomic E-state index is 4.61. The molecule has 0 bridgehead atoms. The van der Waals surface area contributed by atoms with E-state index in [4.69, 9.17) is 0 Å². The van der Waals surface area contributed by atoms with Crippen LogP contribution in [0.5, 0.6) is 0 Å². The predicted molar refractivity (Wildman–Crippen MR) is 168 cm³/mol. The van der Waals surface area contributed by atoms with E-state index in [1.807, 2.05) is 132 Å². The molecule has 2 aromatic rings. The Morgan fingerprint density at radius 2 is 0.829 bits per heavy atom. The van der Waals surface area contributed by atoms with E-state index in [0.29, 0.717) is 0 Å². The first kappa shape index (κ1) is 39.3. The summed E-state index contributed by atoms with van der Waals surface area (Å²) in [4.78, 5) is 8.73. The summed E-state index contributed by atoms with van der Waals surface area (Å²) in [6.07, 6.45) is 7.87. The minimum Gasteiger partial charge on any atom is -0.356 e. The molecule has 1 N–H and O–H groups in total. The van der Waals surface area contributed by atoms with Gasteiger partial charge in [0, 0.05) is 18.4 Å². The first-order valence-electron chi connectivity index (χ1n) is 13.6. The SMILES string of the molecule is CC.CC.CC.CC.CC.CC.CN=C1C=CC(=Nc2ccc(Nc3ccc(C)cc3)cc2)C=C1. The number of hydrogen-bond donors (Lipinski definition) is 1. The van der Waals surface area contributed by atoms with Gasteiger partial charge in [-0.3, -0.25) is 4.99 Å². The molecule has 0 aliphatic heterocycles. The zero-order valence-corrected chi connectivity index (χ0v) is 25.3. The molecular formula is C32H55N3. The highest BCUT2D eigenvalue weighted by Gasteiger charge is 1.99. The Bertz CT molecular complexity index is 776. The van der Waals surface area contributed by atoms with Gasteiger partial charge >= 0.3 is 0 Å². The summed E-state index contributed by atoms with van der Waals surface area (Å²) in [5.41, 5.74) is 6.21. The Labute approximate surface area is 219 Å². The van der Waals surface area contributed by atoms with Crippen LogP contribution < -0.4 is 5.32 Å². The summed E-state index contributed by atoms with van der Waals surface area (Å²) in [6, 6.07) is 16.4. The van der Waals surface area contributed by atoms with Crippen molar-refractivity contribution in [3.05, 3.63) is 78.4 Å². The van der Waals surface area contributed by atoms with Gasteiger partial charge in [0.15, 0.2) is 0 Å². The van der Waals surface area contributed by atoms with Crippen LogP contribution in [0.15, 0.2) is 82.8 Å². The van der Waals surface area contributed by atoms with Gasteiger partial charge in [-0.25, -0.2) is 4.99 Å². The minimum absolute atomic E-state index is 0.927. The standard InChI is InChI=1S/C20H19N3.6C2H6/c1-15-3-5-17(6-4-15)22-19-11-13-20(14-12-19)23-18-9-7-16(21-2)8-10-18;6*1-2/h3-14,22H,1-2H3;6*1-2H3. The van der Waals surface area contributed by atoms with Gasteiger partial charge in [-0.2, -0.15) is 0 Å². The molecule has 2 aromatic carbocycles. The number of nitrogens with zero attached hydrogens (tertiary/aromatic N) is 2. The highest BCUT2D eigenvalue weighted by atomic mass is 14.9. The number of aryl methyl sites for hydroxylation is 1. The molecule has 1 aliphatic carbocycles. The summed E-state index contributed by atoms with van der Waals surface area (Å²) < 4.78 is 0. The van der Waals surface area contributed by atoms with E-state index in [2.05, 4.69) is 46.5 Å². The molecule has 0 atom stereocenters. The number of nitrogens with one attached hydrogen (secondary N) is 1. The van der Waals surface area contributed by atoms with Crippen molar-refractivity contribution in [3.63, 3.8) is 0 Å². The maximum atomic E-state index is 4.61. The predicted octanol–water partition coefficient (Wildman–Crippen LogP) is 11.2. The molecule has 0 saturated heterocycles. The van der Waals surface area contributed by atoms with Crippen molar-refractivity contribution in [2.45, 2.75) is 90.0 Å². The van der Waals surface area contributed by atoms with Crippen LogP contribution in [0.3, 0.4) is 0 Å². The summed E-state index contributed by atoms with van der Waals surface area (Å²) in [5, 5.41) is 3.38. The lowest BCUT2D eigenvalue weighted by Crippen LogP contribution is -1.99. The van der Waals surface area contributed by atoms with Crippen LogP contribution in [-0.2, 0) is 0 Å². The van der Waals surface area contributed by atoms with E-state index in [-0.39, 0.29) is 0 Å². The number of rotatable bonds is 3. The van der Waals surface area contributed by atoms with E-state index in [9.17, 15) is 0 Å². The van der Waals surface area contributed by atoms with Crippen molar-refractivity contribution in [3.8, 4) is 0 Å². The summed E-state index contributed by atoms with van der Waals surface area (Å²) >= 11 is 0. The van der Waals surface area contributed by atoms with E-state index in [0.717, 1.165) is 28.5 Å². The first-order valence-corrected chi connectivity index (χ1v) is 13.6. The number of benzene rings is 2. The lowest BCUT2D eigenvalue weighted by atomic mass is 10.1. The Morgan fingerprint density at radius 1 is 0.486 bits per heavy atom. The molecular weight excluding hydrogens is 426 g/mol. The molecule has 3 nitrogen and oxygen atoms in total. The second-order valence-electron chi connectivity index (χ2n) is 5.39. The summed E-state index contributed by atoms with van der Waals surface area (Å²) in [7, 11) is 1.78. The molecule has 3 heteroatoms. The number of anilines is 2. The van der Waals surface area contributed by atoms with Crippen molar-refractivity contribution in [1.29, 1.82) is 0 Å². The van der Waals surface area contributed by atoms with E-state index in [1.165, 1.54) is 5.56 Å². The minimum atomic E-state index is 0.927. The molecule has 0 saturated carbocycles. The molecule has 1 aliphatic rings. The largest absolute Gasteiger partial charge is 0.356 e. The van der Waals surface area contributed by atoms with Gasteiger partial charge in [0.1, 0.15) is 0 Å². The number of aliphatic imine (C=N–C) groups is 2. The van der Waals surface area contributed by atoms with Gasteiger partial charge in [-0.05, 0) is 67.6 Å². The fourth-order valence-electron chi connectivity index (χ4n) is 2.25. The monoisotopic (exact) mass is 481 g/mol. The molecule has 0 amide bonds. The van der Waals surface area contributed by atoms with Crippen LogP contribution in [0, 0.1) is 6.92 Å². The van der Waals surface area contributed by atoms with Gasteiger partial charge in [0.2, 0.25) is 0 Å². The molecule has 0 unspecified atom stereocenters. The van der Waals surface area contributed by atoms with Crippen LogP contribution in [0.1, 0.15) is 88.6 Å². The third-order valence-corrected chi connectivity index (χ3v) is 3.57. The Morgan fingerprint density at radius 3 is 1.20 bits per heavy atom. The summed E-state index contributed by atoms with van der Waals surface area (Å²) in [5.74, 6) is 0. The van der Waals surface area contributed by atoms with Gasteiger partial charge in [0.05, 0.1) is 17.1 Å². The fourth-order valence-corrected chi connectivity index (χ4v) is 2.25. The maximum Gasteiger partial charge on any atom is 0.0638 e. The van der Waals surface area contributed by atoms with Gasteiger partial charge in [-0.1, -0.05) is 101 Å². The molecule has 3 rings (SSSR count). The van der Waals surface area contributed by atoms with E-state index < -0.39 is 0 Å². The molecule has 0 heterocycles. The van der Waals surface area contributed by atoms with Crippen LogP contribution in [0.2, 0.25) is 0 Å². The van der Waals surface area contributed by atoms with Crippen molar-refractivity contribution in [2.24, 2.45) is 9.98 Å². The first-order chi connectivity index (χ1) is 17.2. The zero-order valence-electron chi connectivity index (χ0n) is 25.3. The van der Waals surface area contributed by atoms with Crippen LogP contribution in [-0.4, -0.2) is 18.5 Å². The van der Waals surface area contributed by atoms with Crippen LogP contribution in [0.25, 0.3) is 0 Å². The van der Waals surface area contributed by atoms with Crippen molar-refractivity contribution in [1.82, 2.24) is 0 Å². The highest BCUT2D eigenvalue weighted by Crippen LogP contribution is 2.21. The van der Waals surface area contributed by atoms with Gasteiger partial charge < -0.3 is 5.32 Å². The lowest BCUT2D eigenvalue weighted by Gasteiger charge is -2.07. The average molecular weight is 482 g/mol. The number of hydrogen-bond acceptors (Lipinski definition) is 3. The highest BCUT2D eigenvalue weighted by molar-refractivity contribution is 6.18. The number of allylic oxidation sites excluding steroid dienone is 4. The molecule has 198 valence electrons. The second-order valence-corrected chi connectivity index (χ2v) is 5.39. The smallest absolute Gasteiger partial charge is 0.0638 e. The van der Waals surface area contributed by atoms with E-state index in [1.54, 1.807) is 7.05 Å². The van der Waals surface area contributed by atoms with Gasteiger partial charge in [0.25, 0.3) is 0 Å². The molecule has 0 aromatic heterocycles. The molecule has 35 heavy (non-hydrogen) atoms. The third-order valence-electron chi connectivity index (χ3n) is 3.57. The third kappa shape index (κ3) is 19.1. The average Bonchev–Trinajstić information content (AvgIpc) is 2.98. The zero-order chi connectivity index (χ0) is 28.1. The Balaban J connectivity index is -0.000000351. The molecule has 0 spiro atoms. The van der Waals surface area contributed by atoms with Crippen LogP contribution >= 0.6 is 0 Å². The Kier molecular flexibility index (Phi) is 34.9. The molecule has 0 radical (unpaired) electrons. The van der Waals surface area contributed by atoms with Crippen molar-refractivity contribution < 1.29 is 0 Å². The van der Waals surface area contributed by atoms with E-state index >= 15 is 0 Å². The van der Waals surface area contributed by atoms with Gasteiger partial charge in [-0.15, -0.1) is 0 Å². The van der Waals surface area contributed by atoms with Crippen molar-refractivity contribution >= 4 is 28.5 Å². The fraction of sp³-hybridized carbons (Fsp3) is 0.438. The van der Waals surface area contributed by atoms with Crippen LogP contribution in [0.4, 0.5) is 17.1 Å². The van der Waals surface area contributed by atoms with Crippen molar-refractivity contribution in [2.75, 3.05) is 12.4 Å².